The monoisotopic (exact) mass is 365 g/mol. The SMILES string of the molecule is CC(O)(C=CC1CCC(O)C1CCCCCCC(=O)O)CCCCC#N. The summed E-state index contributed by atoms with van der Waals surface area (Å²) in [6, 6.07) is 2.12. The van der Waals surface area contributed by atoms with E-state index >= 15 is 0 Å². The van der Waals surface area contributed by atoms with Gasteiger partial charge in [0.25, 0.3) is 0 Å². The van der Waals surface area contributed by atoms with Gasteiger partial charge in [-0.3, -0.25) is 4.79 Å². The van der Waals surface area contributed by atoms with E-state index in [2.05, 4.69) is 12.1 Å². The molecule has 0 aromatic heterocycles. The zero-order chi connectivity index (χ0) is 19.4. The molecule has 0 aliphatic heterocycles. The van der Waals surface area contributed by atoms with E-state index in [1.54, 1.807) is 6.92 Å². The summed E-state index contributed by atoms with van der Waals surface area (Å²) in [6.45, 7) is 1.80. The van der Waals surface area contributed by atoms with Crippen molar-refractivity contribution < 1.29 is 20.1 Å². The molecule has 26 heavy (non-hydrogen) atoms. The van der Waals surface area contributed by atoms with Crippen molar-refractivity contribution in [2.24, 2.45) is 11.8 Å². The first kappa shape index (κ1) is 22.7. The Bertz CT molecular complexity index is 481. The quantitative estimate of drug-likeness (QED) is 0.335. The third kappa shape index (κ3) is 9.35. The van der Waals surface area contributed by atoms with Crippen LogP contribution >= 0.6 is 0 Å². The Morgan fingerprint density at radius 1 is 1.19 bits per heavy atom. The fraction of sp³-hybridized carbons (Fsp3) is 0.810. The van der Waals surface area contributed by atoms with Crippen molar-refractivity contribution in [1.29, 1.82) is 5.26 Å². The fourth-order valence-corrected chi connectivity index (χ4v) is 3.83. The number of aliphatic carboxylic acids is 1. The fourth-order valence-electron chi connectivity index (χ4n) is 3.83. The Morgan fingerprint density at radius 3 is 2.62 bits per heavy atom. The minimum atomic E-state index is -0.857. The number of aliphatic hydroxyl groups excluding tert-OH is 1. The van der Waals surface area contributed by atoms with Crippen molar-refractivity contribution in [1.82, 2.24) is 0 Å². The smallest absolute Gasteiger partial charge is 0.303 e. The molecule has 1 fully saturated rings. The number of rotatable bonds is 13. The summed E-state index contributed by atoms with van der Waals surface area (Å²) in [6.07, 6.45) is 13.1. The number of hydrogen-bond acceptors (Lipinski definition) is 4. The van der Waals surface area contributed by atoms with Gasteiger partial charge in [0.1, 0.15) is 0 Å². The third-order valence-electron chi connectivity index (χ3n) is 5.44. The van der Waals surface area contributed by atoms with Crippen LogP contribution in [0.15, 0.2) is 12.2 Å². The Morgan fingerprint density at radius 2 is 1.92 bits per heavy atom. The largest absolute Gasteiger partial charge is 0.481 e. The maximum absolute atomic E-state index is 10.5. The third-order valence-corrected chi connectivity index (χ3v) is 5.44. The van der Waals surface area contributed by atoms with E-state index in [0.29, 0.717) is 18.8 Å². The van der Waals surface area contributed by atoms with E-state index in [0.717, 1.165) is 57.8 Å². The lowest BCUT2D eigenvalue weighted by molar-refractivity contribution is -0.137. The number of nitrogens with zero attached hydrogens (tertiary/aromatic N) is 1. The number of carboxylic acids is 1. The van der Waals surface area contributed by atoms with E-state index in [1.165, 1.54) is 0 Å². The number of nitriles is 1. The molecule has 0 radical (unpaired) electrons. The van der Waals surface area contributed by atoms with Crippen LogP contribution in [0.5, 0.6) is 0 Å². The summed E-state index contributed by atoms with van der Waals surface area (Å²) in [4.78, 5) is 10.5. The molecule has 3 N–H and O–H groups in total. The van der Waals surface area contributed by atoms with Gasteiger partial charge in [0.05, 0.1) is 17.8 Å². The predicted molar refractivity (Wildman–Crippen MR) is 101 cm³/mol. The molecule has 0 aromatic rings. The summed E-state index contributed by atoms with van der Waals surface area (Å²) in [7, 11) is 0. The highest BCUT2D eigenvalue weighted by atomic mass is 16.4. The van der Waals surface area contributed by atoms with Gasteiger partial charge in [-0.1, -0.05) is 31.4 Å². The second-order valence-corrected chi connectivity index (χ2v) is 7.90. The molecule has 1 saturated carbocycles. The molecule has 0 saturated heterocycles. The highest BCUT2D eigenvalue weighted by Gasteiger charge is 2.33. The van der Waals surface area contributed by atoms with Crippen LogP contribution in [0.2, 0.25) is 0 Å². The Balaban J connectivity index is 2.37. The maximum atomic E-state index is 10.5. The molecule has 4 atom stereocenters. The van der Waals surface area contributed by atoms with Gasteiger partial charge < -0.3 is 15.3 Å². The normalized spacial score (nSPS) is 25.2. The average molecular weight is 366 g/mol. The molecule has 1 aliphatic carbocycles. The van der Waals surface area contributed by atoms with Gasteiger partial charge in [-0.15, -0.1) is 0 Å². The van der Waals surface area contributed by atoms with Gasteiger partial charge in [-0.05, 0) is 63.7 Å². The van der Waals surface area contributed by atoms with Crippen molar-refractivity contribution in [3.05, 3.63) is 12.2 Å². The first-order valence-electron chi connectivity index (χ1n) is 10.0. The second-order valence-electron chi connectivity index (χ2n) is 7.90. The van der Waals surface area contributed by atoms with Gasteiger partial charge >= 0.3 is 5.97 Å². The van der Waals surface area contributed by atoms with Gasteiger partial charge in [-0.25, -0.2) is 0 Å². The molecule has 0 amide bonds. The maximum Gasteiger partial charge on any atom is 0.303 e. The van der Waals surface area contributed by atoms with Gasteiger partial charge in [0.2, 0.25) is 0 Å². The summed E-state index contributed by atoms with van der Waals surface area (Å²) in [5.74, 6) is -0.198. The first-order valence-corrected chi connectivity index (χ1v) is 10.0. The number of unbranched alkanes of at least 4 members (excludes halogenated alkanes) is 5. The minimum Gasteiger partial charge on any atom is -0.481 e. The number of carbonyl (C=O) groups is 1. The van der Waals surface area contributed by atoms with Crippen molar-refractivity contribution in [3.63, 3.8) is 0 Å². The summed E-state index contributed by atoms with van der Waals surface area (Å²) >= 11 is 0. The molecule has 5 heteroatoms. The molecule has 5 nitrogen and oxygen atoms in total. The van der Waals surface area contributed by atoms with E-state index in [9.17, 15) is 15.0 Å². The number of aliphatic hydroxyl groups is 2. The van der Waals surface area contributed by atoms with Gasteiger partial charge in [0, 0.05) is 12.8 Å². The van der Waals surface area contributed by atoms with Crippen LogP contribution in [-0.2, 0) is 4.79 Å². The van der Waals surface area contributed by atoms with Crippen LogP contribution in [0.1, 0.15) is 84.0 Å². The second kappa shape index (κ2) is 12.1. The summed E-state index contributed by atoms with van der Waals surface area (Å²) in [5, 5.41) is 37.9. The zero-order valence-corrected chi connectivity index (χ0v) is 16.1. The minimum absolute atomic E-state index is 0.236. The van der Waals surface area contributed by atoms with Gasteiger partial charge in [-0.2, -0.15) is 5.26 Å². The molecular weight excluding hydrogens is 330 g/mol. The molecule has 1 rings (SSSR count). The molecule has 1 aliphatic rings. The number of allylic oxidation sites excluding steroid dienone is 1. The van der Waals surface area contributed by atoms with Crippen LogP contribution in [0.3, 0.4) is 0 Å². The van der Waals surface area contributed by atoms with E-state index in [4.69, 9.17) is 10.4 Å². The van der Waals surface area contributed by atoms with Crippen LogP contribution < -0.4 is 0 Å². The standard InChI is InChI=1S/C21H35NO4/c1-21(26,14-7-4-8-16-22)15-13-17-11-12-19(23)18(17)9-5-2-3-6-10-20(24)25/h13,15,17-19,23,26H,2-12,14H2,1H3,(H,24,25). The van der Waals surface area contributed by atoms with Crippen molar-refractivity contribution >= 4 is 5.97 Å². The number of carboxylic acid groups (broad SMARTS) is 1. The molecular formula is C21H35NO4. The van der Waals surface area contributed by atoms with Crippen LogP contribution in [0.25, 0.3) is 0 Å². The van der Waals surface area contributed by atoms with Gasteiger partial charge in [0.15, 0.2) is 0 Å². The topological polar surface area (TPSA) is 102 Å². The van der Waals surface area contributed by atoms with E-state index in [-0.39, 0.29) is 18.4 Å². The Labute approximate surface area is 157 Å². The zero-order valence-electron chi connectivity index (χ0n) is 16.1. The lowest BCUT2D eigenvalue weighted by atomic mass is 9.87. The summed E-state index contributed by atoms with van der Waals surface area (Å²) < 4.78 is 0. The highest BCUT2D eigenvalue weighted by Crippen LogP contribution is 2.37. The molecule has 0 aromatic carbocycles. The predicted octanol–water partition coefficient (Wildman–Crippen LogP) is 4.19. The Kier molecular flexibility index (Phi) is 10.5. The van der Waals surface area contributed by atoms with E-state index in [1.807, 2.05) is 6.08 Å². The van der Waals surface area contributed by atoms with Crippen molar-refractivity contribution in [2.45, 2.75) is 95.7 Å². The molecule has 4 unspecified atom stereocenters. The number of hydrogen-bond donors (Lipinski definition) is 3. The molecule has 0 heterocycles. The first-order chi connectivity index (χ1) is 12.4. The summed E-state index contributed by atoms with van der Waals surface area (Å²) in [5.41, 5.74) is -0.857. The molecule has 0 bridgehead atoms. The van der Waals surface area contributed by atoms with Crippen LogP contribution in [-0.4, -0.2) is 33.0 Å². The molecule has 0 spiro atoms. The molecule has 148 valence electrons. The van der Waals surface area contributed by atoms with Crippen molar-refractivity contribution in [2.75, 3.05) is 0 Å². The lowest BCUT2D eigenvalue weighted by Gasteiger charge is -2.22. The Hall–Kier alpha value is -1.38. The average Bonchev–Trinajstić information content (AvgIpc) is 2.93. The van der Waals surface area contributed by atoms with Crippen molar-refractivity contribution in [3.8, 4) is 6.07 Å². The lowest BCUT2D eigenvalue weighted by Crippen LogP contribution is -2.22. The van der Waals surface area contributed by atoms with Crippen LogP contribution in [0.4, 0.5) is 0 Å². The highest BCUT2D eigenvalue weighted by molar-refractivity contribution is 5.66. The van der Waals surface area contributed by atoms with E-state index < -0.39 is 11.6 Å². The van der Waals surface area contributed by atoms with Crippen LogP contribution in [0, 0.1) is 23.2 Å².